The average molecular weight is 493 g/mol. The molecule has 0 amide bonds. The Bertz CT molecular complexity index is 943. The van der Waals surface area contributed by atoms with Crippen LogP contribution in [-0.2, 0) is 28.7 Å². The van der Waals surface area contributed by atoms with E-state index < -0.39 is 36.5 Å². The van der Waals surface area contributed by atoms with Gasteiger partial charge in [-0.05, 0) is 42.7 Å². The van der Waals surface area contributed by atoms with E-state index in [2.05, 4.69) is 20.8 Å². The van der Waals surface area contributed by atoms with E-state index in [-0.39, 0.29) is 34.8 Å². The highest BCUT2D eigenvalue weighted by Gasteiger charge is 2.33. The van der Waals surface area contributed by atoms with Gasteiger partial charge in [0.1, 0.15) is 6.10 Å². The largest absolute Gasteiger partial charge is 0.460 e. The van der Waals surface area contributed by atoms with Crippen molar-refractivity contribution in [3.63, 3.8) is 0 Å². The Morgan fingerprint density at radius 2 is 1.43 bits per heavy atom. The van der Waals surface area contributed by atoms with Crippen LogP contribution in [0.15, 0.2) is 12.1 Å². The van der Waals surface area contributed by atoms with Gasteiger partial charge in [0.05, 0.1) is 5.56 Å². The van der Waals surface area contributed by atoms with Crippen LogP contribution in [0.25, 0.3) is 0 Å². The standard InChI is InChI=1S/C25H32O10/c1-13(2)19-8-7-14(3)9-20(19)35-23(29)12-31-25(30)18-10-21(32-15(4)26)24(34-17(6)28)22(11-18)33-16(5)27/h10-11,13-14,19-20H,7-9,12H2,1-6H3/t14-,19-,20-/m1/s1. The van der Waals surface area contributed by atoms with Gasteiger partial charge in [0.2, 0.25) is 5.75 Å². The highest BCUT2D eigenvalue weighted by molar-refractivity contribution is 5.93. The molecule has 1 aliphatic carbocycles. The molecule has 10 heteroatoms. The number of benzene rings is 1. The van der Waals surface area contributed by atoms with E-state index in [1.165, 1.54) is 0 Å². The molecule has 0 spiro atoms. The first kappa shape index (κ1) is 27.8. The number of esters is 5. The van der Waals surface area contributed by atoms with Crippen LogP contribution in [0.2, 0.25) is 0 Å². The van der Waals surface area contributed by atoms with Crippen molar-refractivity contribution in [1.82, 2.24) is 0 Å². The molecule has 1 aliphatic rings. The van der Waals surface area contributed by atoms with Crippen LogP contribution in [0.4, 0.5) is 0 Å². The molecule has 1 aromatic carbocycles. The van der Waals surface area contributed by atoms with Gasteiger partial charge in [0.15, 0.2) is 18.1 Å². The van der Waals surface area contributed by atoms with Gasteiger partial charge in [-0.25, -0.2) is 9.59 Å². The second-order valence-corrected chi connectivity index (χ2v) is 9.01. The Morgan fingerprint density at radius 3 is 1.91 bits per heavy atom. The Hall–Kier alpha value is -3.43. The molecule has 0 aromatic heterocycles. The van der Waals surface area contributed by atoms with Crippen molar-refractivity contribution in [2.24, 2.45) is 17.8 Å². The van der Waals surface area contributed by atoms with Crippen molar-refractivity contribution in [1.29, 1.82) is 0 Å². The summed E-state index contributed by atoms with van der Waals surface area (Å²) in [5.74, 6) is -3.99. The molecule has 2 rings (SSSR count). The Kier molecular flexibility index (Phi) is 9.79. The number of hydrogen-bond acceptors (Lipinski definition) is 10. The van der Waals surface area contributed by atoms with Crippen LogP contribution in [-0.4, -0.2) is 42.6 Å². The van der Waals surface area contributed by atoms with Crippen LogP contribution in [0.5, 0.6) is 17.2 Å². The lowest BCUT2D eigenvalue weighted by molar-refractivity contribution is -0.159. The van der Waals surface area contributed by atoms with Crippen LogP contribution < -0.4 is 14.2 Å². The minimum Gasteiger partial charge on any atom is -0.460 e. The third-order valence-corrected chi connectivity index (χ3v) is 5.57. The fraction of sp³-hybridized carbons (Fsp3) is 0.560. The monoisotopic (exact) mass is 492 g/mol. The summed E-state index contributed by atoms with van der Waals surface area (Å²) in [4.78, 5) is 59.6. The van der Waals surface area contributed by atoms with Gasteiger partial charge < -0.3 is 23.7 Å². The first-order valence-electron chi connectivity index (χ1n) is 11.5. The van der Waals surface area contributed by atoms with Crippen molar-refractivity contribution in [3.05, 3.63) is 17.7 Å². The van der Waals surface area contributed by atoms with Crippen LogP contribution in [0, 0.1) is 17.8 Å². The maximum atomic E-state index is 12.7. The first-order valence-corrected chi connectivity index (χ1v) is 11.5. The number of ether oxygens (including phenoxy) is 5. The maximum absolute atomic E-state index is 12.7. The molecule has 0 heterocycles. The summed E-state index contributed by atoms with van der Waals surface area (Å²) in [7, 11) is 0. The predicted octanol–water partition coefficient (Wildman–Crippen LogP) is 3.62. The normalized spacial score (nSPS) is 19.5. The van der Waals surface area contributed by atoms with E-state index in [1.54, 1.807) is 0 Å². The SMILES string of the molecule is CC(=O)Oc1cc(C(=O)OCC(=O)O[C@@H]2C[C@H](C)CC[C@@H]2C(C)C)cc(OC(C)=O)c1OC(C)=O. The summed E-state index contributed by atoms with van der Waals surface area (Å²) in [6.45, 7) is 8.94. The lowest BCUT2D eigenvalue weighted by Gasteiger charge is -2.36. The minimum absolute atomic E-state index is 0.201. The molecule has 0 saturated heterocycles. The summed E-state index contributed by atoms with van der Waals surface area (Å²) >= 11 is 0. The third kappa shape index (κ3) is 8.38. The molecular formula is C25H32O10. The van der Waals surface area contributed by atoms with Crippen molar-refractivity contribution in [2.75, 3.05) is 6.61 Å². The van der Waals surface area contributed by atoms with Crippen LogP contribution >= 0.6 is 0 Å². The second-order valence-electron chi connectivity index (χ2n) is 9.01. The molecule has 1 aromatic rings. The van der Waals surface area contributed by atoms with E-state index in [4.69, 9.17) is 23.7 Å². The molecule has 0 N–H and O–H groups in total. The van der Waals surface area contributed by atoms with Crippen molar-refractivity contribution >= 4 is 29.8 Å². The molecule has 1 fully saturated rings. The van der Waals surface area contributed by atoms with Gasteiger partial charge in [0.25, 0.3) is 0 Å². The summed E-state index contributed by atoms with van der Waals surface area (Å²) in [6.07, 6.45) is 2.53. The van der Waals surface area contributed by atoms with E-state index in [0.717, 1.165) is 52.2 Å². The Morgan fingerprint density at radius 1 is 0.886 bits per heavy atom. The van der Waals surface area contributed by atoms with Gasteiger partial charge in [-0.1, -0.05) is 27.2 Å². The molecule has 0 aliphatic heterocycles. The molecule has 10 nitrogen and oxygen atoms in total. The van der Waals surface area contributed by atoms with Gasteiger partial charge in [-0.15, -0.1) is 0 Å². The number of carbonyl (C=O) groups excluding carboxylic acids is 5. The van der Waals surface area contributed by atoms with E-state index in [9.17, 15) is 24.0 Å². The first-order chi connectivity index (χ1) is 16.4. The number of hydrogen-bond donors (Lipinski definition) is 0. The van der Waals surface area contributed by atoms with Crippen molar-refractivity contribution in [3.8, 4) is 17.2 Å². The van der Waals surface area contributed by atoms with Gasteiger partial charge in [-0.2, -0.15) is 0 Å². The Labute approximate surface area is 204 Å². The van der Waals surface area contributed by atoms with Gasteiger partial charge in [-0.3, -0.25) is 14.4 Å². The lowest BCUT2D eigenvalue weighted by atomic mass is 9.75. The fourth-order valence-electron chi connectivity index (χ4n) is 4.06. The van der Waals surface area contributed by atoms with Crippen LogP contribution in [0.3, 0.4) is 0 Å². The zero-order valence-corrected chi connectivity index (χ0v) is 20.9. The summed E-state index contributed by atoms with van der Waals surface area (Å²) in [5.41, 5.74) is -0.201. The molecule has 1 saturated carbocycles. The topological polar surface area (TPSA) is 132 Å². The van der Waals surface area contributed by atoms with Gasteiger partial charge in [0, 0.05) is 20.8 Å². The van der Waals surface area contributed by atoms with E-state index in [1.807, 2.05) is 0 Å². The average Bonchev–Trinajstić information content (AvgIpc) is 2.72. The zero-order chi connectivity index (χ0) is 26.3. The summed E-state index contributed by atoms with van der Waals surface area (Å²) < 4.78 is 25.8. The minimum atomic E-state index is -0.962. The van der Waals surface area contributed by atoms with Gasteiger partial charge >= 0.3 is 29.8 Å². The molecule has 192 valence electrons. The Balaban J connectivity index is 2.19. The van der Waals surface area contributed by atoms with Crippen molar-refractivity contribution < 1.29 is 47.7 Å². The fourth-order valence-corrected chi connectivity index (χ4v) is 4.06. The predicted molar refractivity (Wildman–Crippen MR) is 122 cm³/mol. The summed E-state index contributed by atoms with van der Waals surface area (Å²) in [5, 5.41) is 0. The smallest absolute Gasteiger partial charge is 0.344 e. The second kappa shape index (κ2) is 12.3. The number of carbonyl (C=O) groups is 5. The molecule has 3 atom stereocenters. The molecule has 0 unspecified atom stereocenters. The lowest BCUT2D eigenvalue weighted by Crippen LogP contribution is -2.36. The van der Waals surface area contributed by atoms with E-state index in [0.29, 0.717) is 11.8 Å². The molecule has 35 heavy (non-hydrogen) atoms. The van der Waals surface area contributed by atoms with Crippen LogP contribution in [0.1, 0.15) is 71.2 Å². The van der Waals surface area contributed by atoms with E-state index >= 15 is 0 Å². The third-order valence-electron chi connectivity index (χ3n) is 5.57. The quantitative estimate of drug-likeness (QED) is 0.391. The number of rotatable bonds is 8. The van der Waals surface area contributed by atoms with Crippen molar-refractivity contribution in [2.45, 2.75) is 66.9 Å². The maximum Gasteiger partial charge on any atom is 0.344 e. The molecule has 0 bridgehead atoms. The molecule has 0 radical (unpaired) electrons. The zero-order valence-electron chi connectivity index (χ0n) is 20.9. The highest BCUT2D eigenvalue weighted by Crippen LogP contribution is 2.40. The highest BCUT2D eigenvalue weighted by atomic mass is 16.6. The summed E-state index contributed by atoms with van der Waals surface area (Å²) in [6, 6.07) is 2.16. The molecular weight excluding hydrogens is 460 g/mol.